The third-order valence-corrected chi connectivity index (χ3v) is 3.08. The number of hydrogen-bond acceptors (Lipinski definition) is 4. The first-order valence-corrected chi connectivity index (χ1v) is 7.52. The van der Waals surface area contributed by atoms with Crippen LogP contribution >= 0.6 is 0 Å². The number of carbonyl (C=O) groups is 1. The Labute approximate surface area is 128 Å². The van der Waals surface area contributed by atoms with E-state index in [1.54, 1.807) is 0 Å². The maximum absolute atomic E-state index is 11.5. The van der Waals surface area contributed by atoms with Crippen molar-refractivity contribution < 1.29 is 15.0 Å². The number of hydrogen-bond donors (Lipinski definition) is 3. The third-order valence-electron chi connectivity index (χ3n) is 3.08. The Balaban J connectivity index is 0.000000885. The highest BCUT2D eigenvalue weighted by molar-refractivity contribution is 5.97. The lowest BCUT2D eigenvalue weighted by Crippen LogP contribution is -2.25. The van der Waals surface area contributed by atoms with E-state index < -0.39 is 6.10 Å². The maximum atomic E-state index is 11.5. The van der Waals surface area contributed by atoms with Gasteiger partial charge in [-0.3, -0.25) is 4.79 Å². The van der Waals surface area contributed by atoms with Crippen molar-refractivity contribution >= 4 is 5.78 Å². The molecule has 0 saturated heterocycles. The summed E-state index contributed by atoms with van der Waals surface area (Å²) in [5.74, 6) is 0.303. The van der Waals surface area contributed by atoms with Gasteiger partial charge in [-0.05, 0) is 48.3 Å². The minimum absolute atomic E-state index is 0.0972. The molecule has 0 radical (unpaired) electrons. The molecule has 0 aromatic rings. The lowest BCUT2D eigenvalue weighted by atomic mass is 9.81. The van der Waals surface area contributed by atoms with Crippen LogP contribution in [0, 0.1) is 11.3 Å². The molecule has 0 aliphatic heterocycles. The molecule has 2 unspecified atom stereocenters. The number of nitrogens with two attached hydrogens (primary N) is 1. The van der Waals surface area contributed by atoms with E-state index in [-0.39, 0.29) is 17.8 Å². The van der Waals surface area contributed by atoms with Crippen molar-refractivity contribution in [2.24, 2.45) is 17.1 Å². The third kappa shape index (κ3) is 8.81. The Hall–Kier alpha value is -0.970. The summed E-state index contributed by atoms with van der Waals surface area (Å²) in [5.41, 5.74) is 6.87. The number of ketones is 1. The van der Waals surface area contributed by atoms with Gasteiger partial charge in [-0.2, -0.15) is 0 Å². The van der Waals surface area contributed by atoms with E-state index in [1.165, 1.54) is 6.08 Å². The molecule has 0 aromatic carbocycles. The zero-order chi connectivity index (χ0) is 16.6. The van der Waals surface area contributed by atoms with Gasteiger partial charge < -0.3 is 15.9 Å². The topological polar surface area (TPSA) is 83.5 Å². The zero-order valence-corrected chi connectivity index (χ0v) is 14.0. The number of rotatable bonds is 4. The average Bonchev–Trinajstić information content (AvgIpc) is 2.33. The van der Waals surface area contributed by atoms with Crippen molar-refractivity contribution in [3.63, 3.8) is 0 Å². The van der Waals surface area contributed by atoms with E-state index in [1.807, 2.05) is 13.0 Å². The maximum Gasteiger partial charge on any atom is 0.188 e. The number of aliphatic hydroxyl groups excluding tert-OH is 2. The van der Waals surface area contributed by atoms with E-state index in [0.29, 0.717) is 12.5 Å². The Morgan fingerprint density at radius 2 is 1.86 bits per heavy atom. The van der Waals surface area contributed by atoms with E-state index >= 15 is 0 Å². The minimum atomic E-state index is -0.916. The molecule has 0 spiro atoms. The standard InChI is InChI=1S/C15H24O2.C2H7NO/c1-10-6-12(14(17)13(16)8-10)7-11(2)9-15(3,4)5;3-1-2-4/h6,8,11,14,17H,7,9H2,1-5H3;4H,1-3H2. The Kier molecular flexibility index (Phi) is 8.71. The molecule has 0 bridgehead atoms. The van der Waals surface area contributed by atoms with Crippen molar-refractivity contribution in [3.8, 4) is 0 Å². The summed E-state index contributed by atoms with van der Waals surface area (Å²) in [6.45, 7) is 11.2. The number of aliphatic hydroxyl groups is 2. The predicted octanol–water partition coefficient (Wildman–Crippen LogP) is 2.20. The van der Waals surface area contributed by atoms with Gasteiger partial charge in [0, 0.05) is 6.54 Å². The first kappa shape index (κ1) is 20.0. The van der Waals surface area contributed by atoms with E-state index in [9.17, 15) is 9.90 Å². The summed E-state index contributed by atoms with van der Waals surface area (Å²) in [7, 11) is 0. The summed E-state index contributed by atoms with van der Waals surface area (Å²) in [4.78, 5) is 11.5. The van der Waals surface area contributed by atoms with Crippen LogP contribution in [0.4, 0.5) is 0 Å². The Morgan fingerprint density at radius 1 is 1.33 bits per heavy atom. The second kappa shape index (κ2) is 9.13. The second-order valence-corrected chi connectivity index (χ2v) is 7.00. The van der Waals surface area contributed by atoms with Crippen LogP contribution in [-0.4, -0.2) is 35.3 Å². The molecule has 0 aromatic heterocycles. The fourth-order valence-electron chi connectivity index (χ4n) is 2.59. The fourth-order valence-corrected chi connectivity index (χ4v) is 2.59. The number of carbonyl (C=O) groups excluding carboxylic acids is 1. The van der Waals surface area contributed by atoms with Gasteiger partial charge >= 0.3 is 0 Å². The van der Waals surface area contributed by atoms with E-state index in [0.717, 1.165) is 24.0 Å². The molecule has 1 rings (SSSR count). The van der Waals surface area contributed by atoms with Gasteiger partial charge in [0.15, 0.2) is 5.78 Å². The lowest BCUT2D eigenvalue weighted by Gasteiger charge is -2.26. The highest BCUT2D eigenvalue weighted by Gasteiger charge is 2.24. The summed E-state index contributed by atoms with van der Waals surface area (Å²) < 4.78 is 0. The number of allylic oxidation sites excluding steroid dienone is 2. The molecule has 122 valence electrons. The zero-order valence-electron chi connectivity index (χ0n) is 14.0. The van der Waals surface area contributed by atoms with Crippen LogP contribution in [-0.2, 0) is 4.79 Å². The average molecular weight is 297 g/mol. The Bertz CT molecular complexity index is 389. The highest BCUT2D eigenvalue weighted by Crippen LogP contribution is 2.30. The van der Waals surface area contributed by atoms with Crippen LogP contribution < -0.4 is 5.73 Å². The lowest BCUT2D eigenvalue weighted by molar-refractivity contribution is -0.120. The van der Waals surface area contributed by atoms with Crippen LogP contribution in [0.1, 0.15) is 47.5 Å². The van der Waals surface area contributed by atoms with Gasteiger partial charge in [0.05, 0.1) is 6.61 Å². The fraction of sp³-hybridized carbons (Fsp3) is 0.706. The monoisotopic (exact) mass is 297 g/mol. The van der Waals surface area contributed by atoms with Crippen LogP contribution in [0.15, 0.2) is 23.3 Å². The quantitative estimate of drug-likeness (QED) is 0.743. The van der Waals surface area contributed by atoms with Crippen molar-refractivity contribution in [1.82, 2.24) is 0 Å². The van der Waals surface area contributed by atoms with E-state index in [4.69, 9.17) is 10.8 Å². The molecule has 4 heteroatoms. The van der Waals surface area contributed by atoms with Gasteiger partial charge in [-0.15, -0.1) is 0 Å². The van der Waals surface area contributed by atoms with Gasteiger partial charge in [0.1, 0.15) is 6.10 Å². The summed E-state index contributed by atoms with van der Waals surface area (Å²) in [6, 6.07) is 0. The van der Waals surface area contributed by atoms with Crippen molar-refractivity contribution in [3.05, 3.63) is 23.3 Å². The van der Waals surface area contributed by atoms with Gasteiger partial charge in [-0.1, -0.05) is 33.8 Å². The van der Waals surface area contributed by atoms with Crippen LogP contribution in [0.5, 0.6) is 0 Å². The molecule has 1 aliphatic carbocycles. The normalized spacial score (nSPS) is 20.2. The summed E-state index contributed by atoms with van der Waals surface area (Å²) >= 11 is 0. The molecule has 2 atom stereocenters. The second-order valence-electron chi connectivity index (χ2n) is 7.00. The van der Waals surface area contributed by atoms with Crippen LogP contribution in [0.25, 0.3) is 0 Å². The molecule has 0 heterocycles. The molecule has 4 N–H and O–H groups in total. The predicted molar refractivity (Wildman–Crippen MR) is 86.8 cm³/mol. The largest absolute Gasteiger partial charge is 0.395 e. The molecular formula is C17H31NO3. The molecule has 21 heavy (non-hydrogen) atoms. The SMILES string of the molecule is CC1=CC(=O)C(O)C(CC(C)CC(C)(C)C)=C1.NCCO. The van der Waals surface area contributed by atoms with Gasteiger partial charge in [0.25, 0.3) is 0 Å². The molecule has 0 fully saturated rings. The molecule has 0 amide bonds. The van der Waals surface area contributed by atoms with Crippen molar-refractivity contribution in [2.75, 3.05) is 13.2 Å². The molecule has 4 nitrogen and oxygen atoms in total. The first-order valence-electron chi connectivity index (χ1n) is 7.52. The smallest absolute Gasteiger partial charge is 0.188 e. The van der Waals surface area contributed by atoms with Crippen LogP contribution in [0.2, 0.25) is 0 Å². The van der Waals surface area contributed by atoms with E-state index in [2.05, 4.69) is 27.7 Å². The summed E-state index contributed by atoms with van der Waals surface area (Å²) in [6.07, 6.45) is 4.44. The summed E-state index contributed by atoms with van der Waals surface area (Å²) in [5, 5.41) is 17.6. The first-order chi connectivity index (χ1) is 9.60. The van der Waals surface area contributed by atoms with Crippen molar-refractivity contribution in [2.45, 2.75) is 53.6 Å². The highest BCUT2D eigenvalue weighted by atomic mass is 16.3. The van der Waals surface area contributed by atoms with Gasteiger partial charge in [0.2, 0.25) is 0 Å². The molecule has 1 aliphatic rings. The molecular weight excluding hydrogens is 266 g/mol. The van der Waals surface area contributed by atoms with Gasteiger partial charge in [-0.25, -0.2) is 0 Å². The Morgan fingerprint density at radius 3 is 2.29 bits per heavy atom. The van der Waals surface area contributed by atoms with Crippen molar-refractivity contribution in [1.29, 1.82) is 0 Å². The van der Waals surface area contributed by atoms with Crippen LogP contribution in [0.3, 0.4) is 0 Å². The molecule has 0 saturated carbocycles. The minimum Gasteiger partial charge on any atom is -0.395 e.